The highest BCUT2D eigenvalue weighted by Gasteiger charge is 2.08. The van der Waals surface area contributed by atoms with E-state index in [1.807, 2.05) is 23.5 Å². The fourth-order valence-corrected chi connectivity index (χ4v) is 3.20. The van der Waals surface area contributed by atoms with Gasteiger partial charge in [0, 0.05) is 17.3 Å². The maximum atomic E-state index is 5.03. The average molecular weight is 151 g/mol. The van der Waals surface area contributed by atoms with Crippen LogP contribution in [0.25, 0.3) is 0 Å². The lowest BCUT2D eigenvalue weighted by Gasteiger charge is -2.13. The van der Waals surface area contributed by atoms with E-state index < -0.39 is 0 Å². The third-order valence-corrected chi connectivity index (χ3v) is 4.08. The van der Waals surface area contributed by atoms with E-state index in [1.54, 1.807) is 0 Å². The van der Waals surface area contributed by atoms with Crippen LogP contribution in [0.3, 0.4) is 0 Å². The smallest absolute Gasteiger partial charge is 0.0696 e. The van der Waals surface area contributed by atoms with E-state index in [1.165, 1.54) is 17.3 Å². The van der Waals surface area contributed by atoms with Gasteiger partial charge in [-0.25, -0.2) is 0 Å². The molecular weight excluding hydrogens is 144 g/mol. The molecule has 1 radical (unpaired) electrons. The lowest BCUT2D eigenvalue weighted by Crippen LogP contribution is -2.06. The van der Waals surface area contributed by atoms with Crippen LogP contribution in [-0.2, 0) is 0 Å². The molecule has 1 atom stereocenters. The van der Waals surface area contributed by atoms with Crippen LogP contribution in [-0.4, -0.2) is 21.8 Å². The molecule has 1 fully saturated rings. The topological polar surface area (TPSA) is 0 Å². The average Bonchev–Trinajstić information content (AvgIpc) is 1.69. The zero-order chi connectivity index (χ0) is 5.11. The van der Waals surface area contributed by atoms with Crippen molar-refractivity contribution in [3.8, 4) is 0 Å². The van der Waals surface area contributed by atoms with Gasteiger partial charge in [-0.2, -0.15) is 11.8 Å². The van der Waals surface area contributed by atoms with Gasteiger partial charge in [-0.05, 0) is 0 Å². The van der Waals surface area contributed by atoms with Gasteiger partial charge >= 0.3 is 0 Å². The van der Waals surface area contributed by atoms with Crippen LogP contribution in [0.4, 0.5) is 0 Å². The highest BCUT2D eigenvalue weighted by Crippen LogP contribution is 2.25. The van der Waals surface area contributed by atoms with Gasteiger partial charge in [-0.15, -0.1) is 11.8 Å². The molecule has 1 rings (SSSR count). The van der Waals surface area contributed by atoms with E-state index in [-0.39, 0.29) is 0 Å². The third-order valence-electron chi connectivity index (χ3n) is 0.785. The van der Waals surface area contributed by atoms with Crippen molar-refractivity contribution < 1.29 is 0 Å². The Hall–Kier alpha value is 1.05. The Balaban J connectivity index is 2.12. The first-order valence-electron chi connectivity index (χ1n) is 2.25. The molecule has 0 saturated carbocycles. The summed E-state index contributed by atoms with van der Waals surface area (Å²) in [6.45, 7) is 0. The highest BCUT2D eigenvalue weighted by atomic mass is 32.2. The monoisotopic (exact) mass is 151 g/mol. The van der Waals surface area contributed by atoms with E-state index in [2.05, 4.69) is 0 Å². The number of rotatable bonds is 0. The molecule has 1 aliphatic rings. The second-order valence-corrected chi connectivity index (χ2v) is 4.70. The summed E-state index contributed by atoms with van der Waals surface area (Å²) >= 11 is 8.92. The van der Waals surface area contributed by atoms with Crippen LogP contribution < -0.4 is 0 Å². The van der Waals surface area contributed by atoms with Crippen LogP contribution in [0.2, 0.25) is 0 Å². The minimum atomic E-state index is 0.499. The second-order valence-electron chi connectivity index (χ2n) is 1.38. The summed E-state index contributed by atoms with van der Waals surface area (Å²) in [4.78, 5) is 0. The first-order valence-corrected chi connectivity index (χ1v) is 4.92. The summed E-state index contributed by atoms with van der Waals surface area (Å²) in [5.41, 5.74) is 0. The molecular formula is C4H7S3. The van der Waals surface area contributed by atoms with Crippen molar-refractivity contribution in [1.82, 2.24) is 0 Å². The molecule has 0 aromatic rings. The highest BCUT2D eigenvalue weighted by molar-refractivity contribution is 8.14. The van der Waals surface area contributed by atoms with Crippen molar-refractivity contribution in [2.75, 3.05) is 17.3 Å². The predicted octanol–water partition coefficient (Wildman–Crippen LogP) is 1.99. The predicted molar refractivity (Wildman–Crippen MR) is 41.2 cm³/mol. The van der Waals surface area contributed by atoms with E-state index in [0.29, 0.717) is 4.58 Å². The fourth-order valence-electron chi connectivity index (χ4n) is 0.466. The Morgan fingerprint density at radius 2 is 2.29 bits per heavy atom. The van der Waals surface area contributed by atoms with Gasteiger partial charge in [0.15, 0.2) is 0 Å². The third kappa shape index (κ3) is 2.20. The summed E-state index contributed by atoms with van der Waals surface area (Å²) < 4.78 is 0.499. The summed E-state index contributed by atoms with van der Waals surface area (Å²) in [6, 6.07) is 0. The van der Waals surface area contributed by atoms with Crippen LogP contribution in [0.5, 0.6) is 0 Å². The molecule has 1 heterocycles. The summed E-state index contributed by atoms with van der Waals surface area (Å²) in [7, 11) is 0. The molecule has 0 N–H and O–H groups in total. The van der Waals surface area contributed by atoms with E-state index >= 15 is 0 Å². The standard InChI is InChI=1S/C4H7S3/c5-4-3-6-1-2-7-4/h4H,1-3H2. The van der Waals surface area contributed by atoms with Crippen molar-refractivity contribution in [3.05, 3.63) is 0 Å². The summed E-state index contributed by atoms with van der Waals surface area (Å²) in [6.07, 6.45) is 0. The first-order chi connectivity index (χ1) is 3.39. The molecule has 0 amide bonds. The largest absolute Gasteiger partial charge is 0.159 e. The molecule has 1 unspecified atom stereocenters. The molecule has 41 valence electrons. The molecule has 0 bridgehead atoms. The van der Waals surface area contributed by atoms with Gasteiger partial charge in [-0.3, -0.25) is 0 Å². The Morgan fingerprint density at radius 3 is 2.57 bits per heavy atom. The SMILES string of the molecule is [S]C1CSCCS1. The zero-order valence-corrected chi connectivity index (χ0v) is 6.37. The van der Waals surface area contributed by atoms with E-state index in [4.69, 9.17) is 12.6 Å². The minimum Gasteiger partial charge on any atom is -0.159 e. The first kappa shape index (κ1) is 6.17. The van der Waals surface area contributed by atoms with Crippen LogP contribution in [0, 0.1) is 0 Å². The van der Waals surface area contributed by atoms with Crippen molar-refractivity contribution in [1.29, 1.82) is 0 Å². The Morgan fingerprint density at radius 1 is 1.43 bits per heavy atom. The lowest BCUT2D eigenvalue weighted by molar-refractivity contribution is 1.38. The fraction of sp³-hybridized carbons (Fsp3) is 1.00. The van der Waals surface area contributed by atoms with Gasteiger partial charge in [0.25, 0.3) is 0 Å². The molecule has 0 aromatic carbocycles. The maximum absolute atomic E-state index is 5.03. The number of hydrogen-bond acceptors (Lipinski definition) is 2. The molecule has 0 nitrogen and oxygen atoms in total. The molecule has 1 saturated heterocycles. The Labute approximate surface area is 58.2 Å². The Bertz CT molecular complexity index is 48.9. The quantitative estimate of drug-likeness (QED) is 0.519. The summed E-state index contributed by atoms with van der Waals surface area (Å²) in [5, 5.41) is 0. The van der Waals surface area contributed by atoms with E-state index in [0.717, 1.165) is 0 Å². The van der Waals surface area contributed by atoms with Gasteiger partial charge in [-0.1, -0.05) is 12.6 Å². The minimum absolute atomic E-state index is 0.499. The number of thioether (sulfide) groups is 2. The zero-order valence-electron chi connectivity index (χ0n) is 3.92. The van der Waals surface area contributed by atoms with Crippen LogP contribution in [0.15, 0.2) is 0 Å². The van der Waals surface area contributed by atoms with E-state index in [9.17, 15) is 0 Å². The van der Waals surface area contributed by atoms with Crippen LogP contribution in [0.1, 0.15) is 0 Å². The lowest BCUT2D eigenvalue weighted by atomic mass is 10.9. The number of hydrogen-bond donors (Lipinski definition) is 0. The normalized spacial score (nSPS) is 33.0. The second kappa shape index (κ2) is 3.15. The molecule has 0 spiro atoms. The molecule has 3 heteroatoms. The summed E-state index contributed by atoms with van der Waals surface area (Å²) in [5.74, 6) is 3.75. The molecule has 1 aliphatic heterocycles. The van der Waals surface area contributed by atoms with Crippen LogP contribution >= 0.6 is 36.2 Å². The van der Waals surface area contributed by atoms with Gasteiger partial charge < -0.3 is 0 Å². The van der Waals surface area contributed by atoms with Crippen molar-refractivity contribution in [3.63, 3.8) is 0 Å². The molecule has 7 heavy (non-hydrogen) atoms. The van der Waals surface area contributed by atoms with Crippen molar-refractivity contribution in [2.45, 2.75) is 4.58 Å². The molecule has 0 aromatic heterocycles. The maximum Gasteiger partial charge on any atom is 0.0696 e. The van der Waals surface area contributed by atoms with Gasteiger partial charge in [0.1, 0.15) is 0 Å². The van der Waals surface area contributed by atoms with Crippen molar-refractivity contribution in [2.24, 2.45) is 0 Å². The van der Waals surface area contributed by atoms with Crippen molar-refractivity contribution >= 4 is 36.2 Å². The molecule has 0 aliphatic carbocycles. The van der Waals surface area contributed by atoms with Gasteiger partial charge in [0.05, 0.1) is 4.58 Å². The van der Waals surface area contributed by atoms with Gasteiger partial charge in [0.2, 0.25) is 0 Å². The Kier molecular flexibility index (Phi) is 2.78.